The lowest BCUT2D eigenvalue weighted by Crippen LogP contribution is -2.50. The number of carboxylic acids is 1. The van der Waals surface area contributed by atoms with Crippen LogP contribution >= 0.6 is 11.6 Å². The monoisotopic (exact) mass is 593 g/mol. The third-order valence-corrected chi connectivity index (χ3v) is 7.83. The van der Waals surface area contributed by atoms with Crippen LogP contribution in [0.15, 0.2) is 35.1 Å². The van der Waals surface area contributed by atoms with Crippen LogP contribution in [0.3, 0.4) is 0 Å². The van der Waals surface area contributed by atoms with Crippen LogP contribution in [0.4, 0.5) is 10.2 Å². The van der Waals surface area contributed by atoms with E-state index in [4.69, 9.17) is 21.3 Å². The highest BCUT2D eigenvalue weighted by Crippen LogP contribution is 2.44. The molecule has 3 heterocycles. The number of aliphatic carboxylic acids is 1. The zero-order valence-electron chi connectivity index (χ0n) is 23.8. The molecule has 4 rings (SSSR count). The van der Waals surface area contributed by atoms with Gasteiger partial charge in [0.05, 0.1) is 13.8 Å². The fourth-order valence-corrected chi connectivity index (χ4v) is 5.44. The maximum Gasteiger partial charge on any atom is 0.326 e. The molecule has 1 amide bonds. The molecule has 2 aliphatic rings. The summed E-state index contributed by atoms with van der Waals surface area (Å²) < 4.78 is 16.0. The second-order valence-electron chi connectivity index (χ2n) is 10.3. The minimum absolute atomic E-state index is 0.162. The summed E-state index contributed by atoms with van der Waals surface area (Å²) in [6.07, 6.45) is 6.08. The summed E-state index contributed by atoms with van der Waals surface area (Å²) in [4.78, 5) is 44.5. The number of carboxylic acid groups (broad SMARTS) is 1. The number of hydrogen-bond acceptors (Lipinski definition) is 7. The standard InChI is InChI=1S/C28H38ClN5O5.CH3F/c1-39-19-18-33(16-3-2-7-21-11-10-20-6-5-15-30-25(20)31-21)17-12-22(26(36)37)32-27(38)28(13-14-28)34-23(29)8-4-9-24(34)35;1-2/h4,8-11,22H,2-3,5-7,12-19H2,1H3,(H,30,31)(H,32,38)(H,36,37);1H3. The van der Waals surface area contributed by atoms with Gasteiger partial charge in [0.25, 0.3) is 5.56 Å². The topological polar surface area (TPSA) is 126 Å². The first-order valence-corrected chi connectivity index (χ1v) is 14.5. The molecule has 12 heteroatoms. The van der Waals surface area contributed by atoms with Gasteiger partial charge in [0.15, 0.2) is 0 Å². The number of unbranched alkanes of at least 4 members (excludes halogenated alkanes) is 1. The third kappa shape index (κ3) is 8.73. The molecule has 1 unspecified atom stereocenters. The van der Waals surface area contributed by atoms with Crippen molar-refractivity contribution >= 4 is 29.3 Å². The number of ether oxygens (including phenoxy) is 1. The molecule has 1 aliphatic heterocycles. The van der Waals surface area contributed by atoms with E-state index in [1.807, 2.05) is 0 Å². The van der Waals surface area contributed by atoms with Gasteiger partial charge in [0.1, 0.15) is 22.6 Å². The van der Waals surface area contributed by atoms with E-state index in [9.17, 15) is 23.9 Å². The van der Waals surface area contributed by atoms with Gasteiger partial charge in [0, 0.05) is 38.5 Å². The van der Waals surface area contributed by atoms with Crippen LogP contribution < -0.4 is 16.2 Å². The smallest absolute Gasteiger partial charge is 0.326 e. The second-order valence-corrected chi connectivity index (χ2v) is 10.7. The average molecular weight is 594 g/mol. The van der Waals surface area contributed by atoms with Gasteiger partial charge in [-0.3, -0.25) is 18.5 Å². The molecule has 0 bridgehead atoms. The van der Waals surface area contributed by atoms with Gasteiger partial charge >= 0.3 is 5.97 Å². The lowest BCUT2D eigenvalue weighted by atomic mass is 10.1. The maximum absolute atomic E-state index is 13.2. The Kier molecular flexibility index (Phi) is 12.6. The number of nitrogens with one attached hydrogen (secondary N) is 2. The number of aromatic nitrogens is 2. The van der Waals surface area contributed by atoms with Crippen LogP contribution in [0.2, 0.25) is 5.15 Å². The Morgan fingerprint density at radius 3 is 2.68 bits per heavy atom. The summed E-state index contributed by atoms with van der Waals surface area (Å²) in [5.74, 6) is -0.584. The fourth-order valence-electron chi connectivity index (χ4n) is 5.12. The SMILES string of the molecule is CF.COCCN(CCCCc1ccc2c(n1)NCCC2)CCC(NC(=O)C1(n2c(Cl)cccc2=O)CC1)C(=O)O. The first kappa shape index (κ1) is 32.5. The molecule has 0 saturated heterocycles. The maximum atomic E-state index is 13.2. The van der Waals surface area contributed by atoms with E-state index in [-0.39, 0.29) is 17.1 Å². The normalized spacial score (nSPS) is 15.6. The summed E-state index contributed by atoms with van der Waals surface area (Å²) in [6, 6.07) is 7.63. The minimum Gasteiger partial charge on any atom is -0.480 e. The number of anilines is 1. The number of hydrogen-bond donors (Lipinski definition) is 3. The minimum atomic E-state index is -1.13. The Balaban J connectivity index is 0.00000226. The van der Waals surface area contributed by atoms with Gasteiger partial charge in [-0.1, -0.05) is 23.7 Å². The largest absolute Gasteiger partial charge is 0.480 e. The second kappa shape index (κ2) is 15.8. The van der Waals surface area contributed by atoms with Gasteiger partial charge in [0.2, 0.25) is 5.91 Å². The number of rotatable bonds is 15. The highest BCUT2D eigenvalue weighted by molar-refractivity contribution is 6.29. The van der Waals surface area contributed by atoms with E-state index in [1.54, 1.807) is 13.2 Å². The van der Waals surface area contributed by atoms with Crippen molar-refractivity contribution in [3.63, 3.8) is 0 Å². The van der Waals surface area contributed by atoms with E-state index in [1.165, 1.54) is 22.3 Å². The number of fused-ring (bicyclic) bond motifs is 1. The summed E-state index contributed by atoms with van der Waals surface area (Å²) in [5, 5.41) is 16.0. The number of aryl methyl sites for hydroxylation is 2. The van der Waals surface area contributed by atoms with E-state index in [2.05, 4.69) is 27.7 Å². The van der Waals surface area contributed by atoms with Crippen molar-refractivity contribution in [3.8, 4) is 0 Å². The zero-order chi connectivity index (χ0) is 29.8. The molecular weight excluding hydrogens is 553 g/mol. The van der Waals surface area contributed by atoms with Crippen molar-refractivity contribution in [3.05, 3.63) is 57.1 Å². The molecule has 226 valence electrons. The van der Waals surface area contributed by atoms with Gasteiger partial charge in [-0.15, -0.1) is 0 Å². The molecule has 1 aliphatic carbocycles. The Labute approximate surface area is 245 Å². The highest BCUT2D eigenvalue weighted by Gasteiger charge is 2.53. The first-order valence-electron chi connectivity index (χ1n) is 14.1. The van der Waals surface area contributed by atoms with Crippen LogP contribution in [-0.2, 0) is 32.7 Å². The molecule has 0 spiro atoms. The lowest BCUT2D eigenvalue weighted by molar-refractivity contribution is -0.143. The zero-order valence-corrected chi connectivity index (χ0v) is 24.6. The summed E-state index contributed by atoms with van der Waals surface area (Å²) in [7, 11) is 2.14. The molecule has 0 aromatic carbocycles. The molecular formula is C29H41ClFN5O5. The van der Waals surface area contributed by atoms with E-state index in [0.29, 0.717) is 39.7 Å². The molecule has 2 aromatic rings. The van der Waals surface area contributed by atoms with E-state index < -0.39 is 23.5 Å². The van der Waals surface area contributed by atoms with Crippen molar-refractivity contribution in [2.75, 3.05) is 52.4 Å². The van der Waals surface area contributed by atoms with Crippen molar-refractivity contribution in [1.82, 2.24) is 19.8 Å². The van der Waals surface area contributed by atoms with Crippen molar-refractivity contribution < 1.29 is 23.8 Å². The number of halogens is 2. The lowest BCUT2D eigenvalue weighted by Gasteiger charge is -2.26. The number of nitrogens with zero attached hydrogens (tertiary/aromatic N) is 3. The van der Waals surface area contributed by atoms with Crippen LogP contribution in [0, 0.1) is 0 Å². The highest BCUT2D eigenvalue weighted by atomic mass is 35.5. The first-order chi connectivity index (χ1) is 19.8. The van der Waals surface area contributed by atoms with Gasteiger partial charge in [-0.25, -0.2) is 9.78 Å². The average Bonchev–Trinajstić information content (AvgIpc) is 3.78. The van der Waals surface area contributed by atoms with Gasteiger partial charge < -0.3 is 25.4 Å². The number of pyridine rings is 2. The van der Waals surface area contributed by atoms with Crippen molar-refractivity contribution in [2.24, 2.45) is 0 Å². The third-order valence-electron chi connectivity index (χ3n) is 7.54. The Hall–Kier alpha value is -3.02. The molecule has 41 heavy (non-hydrogen) atoms. The van der Waals surface area contributed by atoms with Crippen LogP contribution in [0.5, 0.6) is 0 Å². The van der Waals surface area contributed by atoms with Crippen LogP contribution in [0.25, 0.3) is 0 Å². The van der Waals surface area contributed by atoms with Gasteiger partial charge in [-0.2, -0.15) is 0 Å². The van der Waals surface area contributed by atoms with E-state index in [0.717, 1.165) is 56.7 Å². The number of methoxy groups -OCH3 is 1. The van der Waals surface area contributed by atoms with Crippen molar-refractivity contribution in [1.29, 1.82) is 0 Å². The van der Waals surface area contributed by atoms with Crippen molar-refractivity contribution in [2.45, 2.75) is 62.9 Å². The predicted molar refractivity (Wildman–Crippen MR) is 156 cm³/mol. The number of amides is 1. The summed E-state index contributed by atoms with van der Waals surface area (Å²) >= 11 is 6.22. The molecule has 10 nitrogen and oxygen atoms in total. The number of carbonyl (C=O) groups excluding carboxylic acids is 1. The van der Waals surface area contributed by atoms with E-state index >= 15 is 0 Å². The Bertz CT molecular complexity index is 1220. The molecule has 1 fully saturated rings. The summed E-state index contributed by atoms with van der Waals surface area (Å²) in [6.45, 7) is 3.43. The molecule has 1 atom stereocenters. The number of alkyl halides is 1. The Morgan fingerprint density at radius 1 is 1.22 bits per heavy atom. The summed E-state index contributed by atoms with van der Waals surface area (Å²) in [5.41, 5.74) is 0.850. The molecule has 3 N–H and O–H groups in total. The predicted octanol–water partition coefficient (Wildman–Crippen LogP) is 3.26. The van der Waals surface area contributed by atoms with Crippen LogP contribution in [-0.4, -0.2) is 84.5 Å². The fraction of sp³-hybridized carbons (Fsp3) is 0.586. The quantitative estimate of drug-likeness (QED) is 0.212. The number of carbonyl (C=O) groups is 2. The van der Waals surface area contributed by atoms with Gasteiger partial charge in [-0.05, 0) is 75.6 Å². The molecule has 0 radical (unpaired) electrons. The molecule has 1 saturated carbocycles. The Morgan fingerprint density at radius 2 is 2.00 bits per heavy atom. The molecule has 2 aromatic heterocycles. The van der Waals surface area contributed by atoms with Crippen LogP contribution in [0.1, 0.15) is 49.8 Å².